The molecule has 0 saturated carbocycles. The van der Waals surface area contributed by atoms with Crippen molar-refractivity contribution in [3.8, 4) is 24.3 Å². The maximum atomic E-state index is 9.28. The Morgan fingerprint density at radius 1 is 0.595 bits per heavy atom. The summed E-state index contributed by atoms with van der Waals surface area (Å²) in [4.78, 5) is 14.6. The molecule has 42 heavy (non-hydrogen) atoms. The van der Waals surface area contributed by atoms with Crippen LogP contribution in [0, 0.1) is 57.2 Å². The predicted octanol–water partition coefficient (Wildman–Crippen LogP) is 6.11. The summed E-state index contributed by atoms with van der Waals surface area (Å²) in [5.41, 5.74) is 4.15. The van der Waals surface area contributed by atoms with Gasteiger partial charge in [-0.05, 0) is 81.3 Å². The standard InChI is InChI=1S/C34H44N8/c35-17-4-11-29-9-1-10-30(12-5-18-36)26-32-14-3-16-34(40-32)28-42(22-7-20-38)24-8-23-41(21-6-19-37)27-33-15-2-13-31(25-29)39-33/h2-3,13-16,29-30H,1,4-12,21-28H2. The number of rotatable bonds is 8. The summed E-state index contributed by atoms with van der Waals surface area (Å²) in [7, 11) is 0. The van der Waals surface area contributed by atoms with Gasteiger partial charge >= 0.3 is 0 Å². The normalized spacial score (nSPS) is 19.4. The Morgan fingerprint density at radius 2 is 1.02 bits per heavy atom. The summed E-state index contributed by atoms with van der Waals surface area (Å²) in [5.74, 6) is 0.787. The third-order valence-electron chi connectivity index (χ3n) is 8.08. The zero-order valence-corrected chi connectivity index (χ0v) is 24.9. The number of pyridine rings is 2. The monoisotopic (exact) mass is 564 g/mol. The van der Waals surface area contributed by atoms with Crippen molar-refractivity contribution in [1.82, 2.24) is 19.8 Å². The van der Waals surface area contributed by atoms with Crippen LogP contribution in [-0.4, -0.2) is 45.9 Å². The van der Waals surface area contributed by atoms with Gasteiger partial charge in [0.25, 0.3) is 0 Å². The van der Waals surface area contributed by atoms with Crippen molar-refractivity contribution >= 4 is 0 Å². The fourth-order valence-corrected chi connectivity index (χ4v) is 5.92. The lowest BCUT2D eigenvalue weighted by Gasteiger charge is -2.25. The lowest BCUT2D eigenvalue weighted by Crippen LogP contribution is -2.31. The molecule has 0 saturated heterocycles. The molecule has 0 aromatic carbocycles. The molecule has 8 heteroatoms. The molecule has 2 unspecified atom stereocenters. The Hall–Kier alpha value is -3.82. The first-order valence-corrected chi connectivity index (χ1v) is 15.5. The molecule has 220 valence electrons. The number of aromatic nitrogens is 2. The minimum atomic E-state index is 0.394. The lowest BCUT2D eigenvalue weighted by atomic mass is 9.87. The fraction of sp³-hybridized carbons (Fsp3) is 0.588. The van der Waals surface area contributed by atoms with Crippen LogP contribution in [-0.2, 0) is 25.9 Å². The van der Waals surface area contributed by atoms with Gasteiger partial charge in [0, 0.05) is 63.3 Å². The smallest absolute Gasteiger partial charge is 0.0635 e. The molecule has 0 fully saturated rings. The summed E-state index contributed by atoms with van der Waals surface area (Å²) in [6.07, 6.45) is 9.52. The molecule has 8 nitrogen and oxygen atoms in total. The highest BCUT2D eigenvalue weighted by molar-refractivity contribution is 5.13. The second-order valence-electron chi connectivity index (χ2n) is 11.4. The van der Waals surface area contributed by atoms with Crippen LogP contribution in [0.3, 0.4) is 0 Å². The highest BCUT2D eigenvalue weighted by atomic mass is 15.2. The Bertz CT molecular complexity index is 1060. The minimum Gasteiger partial charge on any atom is -0.296 e. The lowest BCUT2D eigenvalue weighted by molar-refractivity contribution is 0.219. The van der Waals surface area contributed by atoms with Crippen LogP contribution in [0.1, 0.15) is 87.0 Å². The van der Waals surface area contributed by atoms with E-state index < -0.39 is 0 Å². The molecule has 4 bridgehead atoms. The molecule has 3 rings (SSSR count). The topological polar surface area (TPSA) is 127 Å². The average molecular weight is 565 g/mol. The largest absolute Gasteiger partial charge is 0.296 e. The van der Waals surface area contributed by atoms with Gasteiger partial charge in [0.05, 0.1) is 35.7 Å². The van der Waals surface area contributed by atoms with Crippen LogP contribution in [0.4, 0.5) is 0 Å². The van der Waals surface area contributed by atoms with E-state index in [1.54, 1.807) is 0 Å². The van der Waals surface area contributed by atoms with Gasteiger partial charge in [-0.1, -0.05) is 31.4 Å². The second kappa shape index (κ2) is 19.3. The zero-order chi connectivity index (χ0) is 29.8. The molecule has 2 atom stereocenters. The molecule has 0 aliphatic carbocycles. The van der Waals surface area contributed by atoms with Crippen molar-refractivity contribution in [1.29, 1.82) is 21.0 Å². The Morgan fingerprint density at radius 3 is 1.45 bits per heavy atom. The van der Waals surface area contributed by atoms with E-state index in [4.69, 9.17) is 9.97 Å². The van der Waals surface area contributed by atoms with E-state index in [0.29, 0.717) is 63.7 Å². The van der Waals surface area contributed by atoms with E-state index in [1.807, 2.05) is 0 Å². The number of fused-ring (bicyclic) bond motifs is 4. The van der Waals surface area contributed by atoms with Crippen molar-refractivity contribution in [3.05, 3.63) is 59.2 Å². The van der Waals surface area contributed by atoms with Gasteiger partial charge in [-0.25, -0.2) is 0 Å². The van der Waals surface area contributed by atoms with E-state index in [9.17, 15) is 21.0 Å². The fourth-order valence-electron chi connectivity index (χ4n) is 5.92. The number of hydrogen-bond donors (Lipinski definition) is 0. The highest BCUT2D eigenvalue weighted by Gasteiger charge is 2.17. The van der Waals surface area contributed by atoms with Crippen LogP contribution in [0.2, 0.25) is 0 Å². The molecule has 0 radical (unpaired) electrons. The summed E-state index contributed by atoms with van der Waals surface area (Å²) >= 11 is 0. The quantitative estimate of drug-likeness (QED) is 0.376. The van der Waals surface area contributed by atoms with Crippen LogP contribution in [0.15, 0.2) is 36.4 Å². The molecule has 0 spiro atoms. The van der Waals surface area contributed by atoms with Crippen molar-refractivity contribution in [2.45, 2.75) is 90.1 Å². The molecule has 2 aromatic heterocycles. The second-order valence-corrected chi connectivity index (χ2v) is 11.4. The van der Waals surface area contributed by atoms with Crippen molar-refractivity contribution in [3.63, 3.8) is 0 Å². The van der Waals surface area contributed by atoms with Gasteiger partial charge < -0.3 is 0 Å². The Kier molecular flexibility index (Phi) is 15.0. The van der Waals surface area contributed by atoms with Gasteiger partial charge in [0.1, 0.15) is 0 Å². The highest BCUT2D eigenvalue weighted by Crippen LogP contribution is 2.25. The van der Waals surface area contributed by atoms with Crippen LogP contribution < -0.4 is 0 Å². The van der Waals surface area contributed by atoms with Gasteiger partial charge in [0.15, 0.2) is 0 Å². The van der Waals surface area contributed by atoms with Crippen LogP contribution in [0.25, 0.3) is 0 Å². The molecule has 1 aliphatic heterocycles. The number of nitrogens with zero attached hydrogens (tertiary/aromatic N) is 8. The average Bonchev–Trinajstić information content (AvgIpc) is 2.99. The summed E-state index contributed by atoms with van der Waals surface area (Å²) in [5, 5.41) is 37.1. The molecule has 2 aromatic rings. The number of hydrogen-bond acceptors (Lipinski definition) is 8. The molecule has 3 heterocycles. The Balaban J connectivity index is 1.86. The van der Waals surface area contributed by atoms with E-state index in [1.165, 1.54) is 0 Å². The maximum absolute atomic E-state index is 9.28. The first-order chi connectivity index (χ1) is 20.6. The summed E-state index contributed by atoms with van der Waals surface area (Å²) in [6, 6.07) is 21.7. The van der Waals surface area contributed by atoms with Gasteiger partial charge in [-0.3, -0.25) is 19.8 Å². The third-order valence-corrected chi connectivity index (χ3v) is 8.08. The van der Waals surface area contributed by atoms with Crippen molar-refractivity contribution in [2.24, 2.45) is 11.8 Å². The summed E-state index contributed by atoms with van der Waals surface area (Å²) in [6.45, 7) is 4.47. The first-order valence-electron chi connectivity index (χ1n) is 15.5. The minimum absolute atomic E-state index is 0.394. The van der Waals surface area contributed by atoms with Gasteiger partial charge in [-0.2, -0.15) is 21.0 Å². The third kappa shape index (κ3) is 12.4. The van der Waals surface area contributed by atoms with Crippen LogP contribution in [0.5, 0.6) is 0 Å². The SMILES string of the molecule is N#CCCC1CCCC(CCC#N)Cc2cccc(n2)CN(CCC#N)CCCN(CCC#N)Cc2cccc(n2)C1. The molecule has 0 amide bonds. The van der Waals surface area contributed by atoms with E-state index in [2.05, 4.69) is 70.5 Å². The van der Waals surface area contributed by atoms with Crippen molar-refractivity contribution < 1.29 is 0 Å². The van der Waals surface area contributed by atoms with Gasteiger partial charge in [0.2, 0.25) is 0 Å². The van der Waals surface area contributed by atoms with E-state index in [-0.39, 0.29) is 0 Å². The van der Waals surface area contributed by atoms with E-state index in [0.717, 1.165) is 87.2 Å². The molecular weight excluding hydrogens is 520 g/mol. The summed E-state index contributed by atoms with van der Waals surface area (Å²) < 4.78 is 0. The molecular formula is C34H44N8. The predicted molar refractivity (Wildman–Crippen MR) is 162 cm³/mol. The van der Waals surface area contributed by atoms with Crippen LogP contribution >= 0.6 is 0 Å². The van der Waals surface area contributed by atoms with Crippen molar-refractivity contribution in [2.75, 3.05) is 26.2 Å². The zero-order valence-electron chi connectivity index (χ0n) is 24.9. The first kappa shape index (κ1) is 32.7. The maximum Gasteiger partial charge on any atom is 0.0635 e. The van der Waals surface area contributed by atoms with E-state index >= 15 is 0 Å². The molecule has 0 N–H and O–H groups in total. The Labute approximate surface area is 252 Å². The van der Waals surface area contributed by atoms with Gasteiger partial charge in [-0.15, -0.1) is 0 Å². The number of nitriles is 4. The molecule has 1 aliphatic rings.